The van der Waals surface area contributed by atoms with Crippen molar-refractivity contribution in [2.45, 2.75) is 103 Å². The Hall–Kier alpha value is -3.22. The van der Waals surface area contributed by atoms with Gasteiger partial charge in [0.25, 0.3) is 0 Å². The van der Waals surface area contributed by atoms with Gasteiger partial charge in [-0.25, -0.2) is 9.97 Å². The van der Waals surface area contributed by atoms with Gasteiger partial charge in [0.1, 0.15) is 5.75 Å². The van der Waals surface area contributed by atoms with E-state index in [4.69, 9.17) is 4.74 Å². The highest BCUT2D eigenvalue weighted by Gasteiger charge is 2.40. The lowest BCUT2D eigenvalue weighted by Crippen LogP contribution is -2.27. The van der Waals surface area contributed by atoms with E-state index in [1.54, 1.807) is 36.7 Å². The summed E-state index contributed by atoms with van der Waals surface area (Å²) < 4.78 is 45.4. The second-order valence-electron chi connectivity index (χ2n) is 10.8. The summed E-state index contributed by atoms with van der Waals surface area (Å²) in [6.45, 7) is 4.24. The van der Waals surface area contributed by atoms with Crippen molar-refractivity contribution in [2.75, 3.05) is 0 Å². The molecule has 0 radical (unpaired) electrons. The molecule has 2 aromatic carbocycles. The van der Waals surface area contributed by atoms with Crippen molar-refractivity contribution in [3.8, 4) is 28.3 Å². The fourth-order valence-electron chi connectivity index (χ4n) is 4.84. The Morgan fingerprint density at radius 3 is 1.90 bits per heavy atom. The summed E-state index contributed by atoms with van der Waals surface area (Å²) in [5.41, 5.74) is 4.02. The van der Waals surface area contributed by atoms with Crippen molar-refractivity contribution in [2.24, 2.45) is 5.92 Å². The average molecular weight is 569 g/mol. The van der Waals surface area contributed by atoms with Gasteiger partial charge < -0.3 is 4.74 Å². The predicted molar refractivity (Wildman–Crippen MR) is 159 cm³/mol. The molecule has 0 spiro atoms. The molecule has 222 valence electrons. The van der Waals surface area contributed by atoms with Crippen LogP contribution in [0.4, 0.5) is 13.2 Å². The average Bonchev–Trinajstić information content (AvgIpc) is 2.97. The van der Waals surface area contributed by atoms with E-state index in [2.05, 4.69) is 41.2 Å². The van der Waals surface area contributed by atoms with Crippen LogP contribution in [-0.2, 0) is 11.2 Å². The number of benzene rings is 2. The van der Waals surface area contributed by atoms with E-state index in [-0.39, 0.29) is 12.2 Å². The molecular weight excluding hydrogens is 525 g/mol. The smallest absolute Gasteiger partial charge is 0.392 e. The molecular formula is C34H43F3N2O2. The first-order valence-electron chi connectivity index (χ1n) is 15.1. The summed E-state index contributed by atoms with van der Waals surface area (Å²) >= 11 is 0. The molecule has 3 rings (SSSR count). The Morgan fingerprint density at radius 1 is 0.732 bits per heavy atom. The number of ether oxygens (including phenoxy) is 1. The topological polar surface area (TPSA) is 52.1 Å². The zero-order valence-corrected chi connectivity index (χ0v) is 24.4. The Labute approximate surface area is 242 Å². The van der Waals surface area contributed by atoms with E-state index >= 15 is 0 Å². The molecule has 3 aromatic rings. The molecule has 4 nitrogen and oxygen atoms in total. The van der Waals surface area contributed by atoms with Crippen molar-refractivity contribution in [3.63, 3.8) is 0 Å². The van der Waals surface area contributed by atoms with Crippen molar-refractivity contribution in [3.05, 3.63) is 66.5 Å². The number of aryl methyl sites for hydroxylation is 1. The van der Waals surface area contributed by atoms with E-state index in [0.717, 1.165) is 42.4 Å². The van der Waals surface area contributed by atoms with Crippen LogP contribution in [-0.4, -0.2) is 22.1 Å². The standard InChI is InChI=1S/C34H43F3N2O2/c1-3-5-7-9-10-11-13-26-15-17-27(18-16-26)29-24-38-33(39-25-29)28-19-21-31(22-20-28)41-32(40)23-30(34(35,36)37)14-12-8-6-4-2/h15-22,24-25,30H,3-14,23H2,1-2H3. The summed E-state index contributed by atoms with van der Waals surface area (Å²) in [5.74, 6) is -1.86. The lowest BCUT2D eigenvalue weighted by molar-refractivity contribution is -0.183. The molecule has 0 aliphatic carbocycles. The van der Waals surface area contributed by atoms with E-state index < -0.39 is 24.5 Å². The minimum atomic E-state index is -4.42. The zero-order chi connectivity index (χ0) is 29.5. The number of alkyl halides is 3. The summed E-state index contributed by atoms with van der Waals surface area (Å²) in [6.07, 6.45) is 10.2. The van der Waals surface area contributed by atoms with Gasteiger partial charge in [-0.05, 0) is 54.7 Å². The Bertz CT molecular complexity index is 1160. The Kier molecular flexibility index (Phi) is 13.3. The molecule has 0 fully saturated rings. The molecule has 0 N–H and O–H groups in total. The molecule has 0 aliphatic heterocycles. The molecule has 1 atom stereocenters. The van der Waals surface area contributed by atoms with Crippen molar-refractivity contribution in [1.82, 2.24) is 9.97 Å². The lowest BCUT2D eigenvalue weighted by Gasteiger charge is -2.19. The first-order chi connectivity index (χ1) is 19.8. The Balaban J connectivity index is 1.51. The third-order valence-corrected chi connectivity index (χ3v) is 7.38. The molecule has 0 saturated carbocycles. The summed E-state index contributed by atoms with van der Waals surface area (Å²) in [7, 11) is 0. The minimum Gasteiger partial charge on any atom is -0.427 e. The third kappa shape index (κ3) is 11.3. The quantitative estimate of drug-likeness (QED) is 0.0923. The van der Waals surface area contributed by atoms with Crippen LogP contribution in [0.15, 0.2) is 60.9 Å². The monoisotopic (exact) mass is 568 g/mol. The fourth-order valence-corrected chi connectivity index (χ4v) is 4.84. The highest BCUT2D eigenvalue weighted by atomic mass is 19.4. The van der Waals surface area contributed by atoms with Crippen LogP contribution < -0.4 is 4.74 Å². The van der Waals surface area contributed by atoms with Crippen LogP contribution >= 0.6 is 0 Å². The van der Waals surface area contributed by atoms with Crippen LogP contribution in [0.25, 0.3) is 22.5 Å². The molecule has 7 heteroatoms. The molecule has 1 heterocycles. The molecule has 41 heavy (non-hydrogen) atoms. The number of carbonyl (C=O) groups is 1. The molecule has 0 bridgehead atoms. The second kappa shape index (κ2) is 16.9. The van der Waals surface area contributed by atoms with Crippen molar-refractivity contribution >= 4 is 5.97 Å². The number of esters is 1. The number of hydrogen-bond donors (Lipinski definition) is 0. The third-order valence-electron chi connectivity index (χ3n) is 7.38. The van der Waals surface area contributed by atoms with Crippen LogP contribution in [0.1, 0.15) is 96.5 Å². The van der Waals surface area contributed by atoms with Crippen molar-refractivity contribution in [1.29, 1.82) is 0 Å². The maximum absolute atomic E-state index is 13.4. The number of nitrogens with zero attached hydrogens (tertiary/aromatic N) is 2. The largest absolute Gasteiger partial charge is 0.427 e. The number of rotatable bonds is 17. The van der Waals surface area contributed by atoms with Gasteiger partial charge in [0.2, 0.25) is 0 Å². The number of halogens is 3. The SMILES string of the molecule is CCCCCCCCc1ccc(-c2cnc(-c3ccc(OC(=O)CC(CCCCCC)C(F)(F)F)cc3)nc2)cc1. The van der Waals surface area contributed by atoms with Gasteiger partial charge in [0.15, 0.2) is 5.82 Å². The van der Waals surface area contributed by atoms with Gasteiger partial charge in [0.05, 0.1) is 12.3 Å². The van der Waals surface area contributed by atoms with Gasteiger partial charge >= 0.3 is 12.1 Å². The van der Waals surface area contributed by atoms with Gasteiger partial charge in [-0.2, -0.15) is 13.2 Å². The van der Waals surface area contributed by atoms with E-state index in [9.17, 15) is 18.0 Å². The normalized spacial score (nSPS) is 12.3. The summed E-state index contributed by atoms with van der Waals surface area (Å²) in [6, 6.07) is 15.0. The van der Waals surface area contributed by atoms with Gasteiger partial charge in [-0.15, -0.1) is 0 Å². The van der Waals surface area contributed by atoms with Crippen LogP contribution in [0, 0.1) is 5.92 Å². The summed E-state index contributed by atoms with van der Waals surface area (Å²) in [4.78, 5) is 21.2. The minimum absolute atomic E-state index is 0.0613. The van der Waals surface area contributed by atoms with Crippen LogP contribution in [0.5, 0.6) is 5.75 Å². The highest BCUT2D eigenvalue weighted by molar-refractivity contribution is 5.73. The molecule has 1 unspecified atom stereocenters. The van der Waals surface area contributed by atoms with Gasteiger partial charge in [-0.3, -0.25) is 4.79 Å². The number of carbonyl (C=O) groups excluding carboxylic acids is 1. The maximum Gasteiger partial charge on any atom is 0.392 e. The van der Waals surface area contributed by atoms with Crippen molar-refractivity contribution < 1.29 is 22.7 Å². The highest BCUT2D eigenvalue weighted by Crippen LogP contribution is 2.33. The first kappa shape index (κ1) is 32.3. The van der Waals surface area contributed by atoms with Gasteiger partial charge in [-0.1, -0.05) is 95.9 Å². The lowest BCUT2D eigenvalue weighted by atomic mass is 9.97. The van der Waals surface area contributed by atoms with E-state index in [0.29, 0.717) is 12.2 Å². The van der Waals surface area contributed by atoms with E-state index in [1.165, 1.54) is 44.1 Å². The maximum atomic E-state index is 13.4. The molecule has 0 saturated heterocycles. The molecule has 1 aromatic heterocycles. The summed E-state index contributed by atoms with van der Waals surface area (Å²) in [5, 5.41) is 0. The first-order valence-corrected chi connectivity index (χ1v) is 15.1. The van der Waals surface area contributed by atoms with Gasteiger partial charge in [0, 0.05) is 23.5 Å². The number of hydrogen-bond acceptors (Lipinski definition) is 4. The predicted octanol–water partition coefficient (Wildman–Crippen LogP) is 10.2. The van der Waals surface area contributed by atoms with Crippen LogP contribution in [0.3, 0.4) is 0 Å². The second-order valence-corrected chi connectivity index (χ2v) is 10.8. The molecule has 0 aliphatic rings. The fraction of sp³-hybridized carbons (Fsp3) is 0.500. The number of unbranched alkanes of at least 4 members (excludes halogenated alkanes) is 8. The zero-order valence-electron chi connectivity index (χ0n) is 24.4. The number of aromatic nitrogens is 2. The Morgan fingerprint density at radius 2 is 1.29 bits per heavy atom. The molecule has 0 amide bonds. The van der Waals surface area contributed by atoms with E-state index in [1.807, 2.05) is 6.92 Å². The van der Waals surface area contributed by atoms with Crippen LogP contribution in [0.2, 0.25) is 0 Å².